The Morgan fingerprint density at radius 3 is 2.28 bits per heavy atom. The summed E-state index contributed by atoms with van der Waals surface area (Å²) in [5.74, 6) is -0.716. The van der Waals surface area contributed by atoms with Crippen molar-refractivity contribution in [2.75, 3.05) is 18.4 Å². The molecule has 3 aromatic carbocycles. The largest absolute Gasteiger partial charge is 0.352 e. The van der Waals surface area contributed by atoms with E-state index in [-0.39, 0.29) is 22.9 Å². The average Bonchev–Trinajstić information content (AvgIpc) is 3.82. The van der Waals surface area contributed by atoms with Gasteiger partial charge in [-0.15, -0.1) is 0 Å². The van der Waals surface area contributed by atoms with Crippen LogP contribution in [0, 0.1) is 11.7 Å². The van der Waals surface area contributed by atoms with Crippen molar-refractivity contribution in [3.05, 3.63) is 105 Å². The number of nitrogens with one attached hydrogen (secondary N) is 2. The molecule has 2 amide bonds. The number of halogens is 3. The summed E-state index contributed by atoms with van der Waals surface area (Å²) < 4.78 is 15.4. The number of benzene rings is 3. The minimum absolute atomic E-state index is 0.0244. The average molecular weight is 681 g/mol. The standard InChI is InChI=1S/C35H38Cl2FN3O2.C4H10/c1-3-6-22(2)24-13-15-25(16-14-24)34(42)39-18-17-28-20-30(29-9-5-10-31(37)32(29)38)33(41(28)21-23-11-12-23)35(43)40-27-8-4-7-26(36)19-27;1-3-4-2/h4-10,13-16,19,23,28,30,33H,3,11-12,17-18,20-21H2,1-2H3,(H,39,42)(H,40,43);3-4H2,1-2H3/b22-6+;/t28-,30?,33?;/m0./s1. The first-order valence-corrected chi connectivity index (χ1v) is 17.7. The summed E-state index contributed by atoms with van der Waals surface area (Å²) in [7, 11) is 0. The monoisotopic (exact) mass is 679 g/mol. The summed E-state index contributed by atoms with van der Waals surface area (Å²) >= 11 is 12.4. The molecule has 1 aliphatic carbocycles. The Kier molecular flexibility index (Phi) is 13.9. The molecule has 3 aromatic rings. The summed E-state index contributed by atoms with van der Waals surface area (Å²) in [5, 5.41) is 6.65. The number of unbranched alkanes of at least 4 members (excludes halogenated alkanes) is 1. The number of hydrogen-bond donors (Lipinski definition) is 2. The maximum atomic E-state index is 15.4. The summed E-state index contributed by atoms with van der Waals surface area (Å²) in [5.41, 5.74) is 3.93. The van der Waals surface area contributed by atoms with Gasteiger partial charge >= 0.3 is 0 Å². The van der Waals surface area contributed by atoms with E-state index in [9.17, 15) is 9.59 Å². The predicted octanol–water partition coefficient (Wildman–Crippen LogP) is 10.1. The molecule has 2 N–H and O–H groups in total. The molecule has 2 fully saturated rings. The number of hydrogen-bond acceptors (Lipinski definition) is 3. The van der Waals surface area contributed by atoms with Gasteiger partial charge in [-0.05, 0) is 98.0 Å². The zero-order valence-electron chi connectivity index (χ0n) is 28.0. The molecule has 47 heavy (non-hydrogen) atoms. The van der Waals surface area contributed by atoms with Gasteiger partial charge in [0.15, 0.2) is 0 Å². The lowest BCUT2D eigenvalue weighted by Crippen LogP contribution is -2.46. The van der Waals surface area contributed by atoms with Crippen LogP contribution in [0.2, 0.25) is 10.0 Å². The molecule has 1 heterocycles. The van der Waals surface area contributed by atoms with Crippen molar-refractivity contribution < 1.29 is 14.0 Å². The second-order valence-electron chi connectivity index (χ2n) is 12.6. The molecule has 0 aromatic heterocycles. The molecule has 1 saturated heterocycles. The van der Waals surface area contributed by atoms with Crippen LogP contribution >= 0.6 is 23.2 Å². The molecule has 8 heteroatoms. The van der Waals surface area contributed by atoms with Crippen LogP contribution in [0.5, 0.6) is 0 Å². The fourth-order valence-electron chi connectivity index (χ4n) is 6.14. The molecule has 2 unspecified atom stereocenters. The Morgan fingerprint density at radius 2 is 1.64 bits per heavy atom. The molecule has 0 bridgehead atoms. The van der Waals surface area contributed by atoms with E-state index >= 15 is 4.39 Å². The molecule has 0 spiro atoms. The van der Waals surface area contributed by atoms with Crippen LogP contribution in [0.4, 0.5) is 10.1 Å². The lowest BCUT2D eigenvalue weighted by Gasteiger charge is -2.31. The lowest BCUT2D eigenvalue weighted by atomic mass is 9.89. The van der Waals surface area contributed by atoms with Gasteiger partial charge in [-0.3, -0.25) is 14.5 Å². The van der Waals surface area contributed by atoms with E-state index < -0.39 is 17.8 Å². The molecule has 3 atom stereocenters. The summed E-state index contributed by atoms with van der Waals surface area (Å²) in [6, 6.07) is 19.0. The van der Waals surface area contributed by atoms with Gasteiger partial charge < -0.3 is 10.6 Å². The minimum Gasteiger partial charge on any atom is -0.352 e. The third kappa shape index (κ3) is 10.2. The molecule has 0 radical (unpaired) electrons. The highest BCUT2D eigenvalue weighted by Crippen LogP contribution is 2.44. The smallest absolute Gasteiger partial charge is 0.251 e. The van der Waals surface area contributed by atoms with Crippen LogP contribution in [0.25, 0.3) is 5.57 Å². The van der Waals surface area contributed by atoms with E-state index in [2.05, 4.69) is 49.3 Å². The first-order chi connectivity index (χ1) is 22.7. The molecular formula is C39H48Cl2FN3O2. The lowest BCUT2D eigenvalue weighted by molar-refractivity contribution is -0.121. The van der Waals surface area contributed by atoms with E-state index in [1.807, 2.05) is 24.3 Å². The van der Waals surface area contributed by atoms with Crippen molar-refractivity contribution >= 4 is 46.3 Å². The maximum Gasteiger partial charge on any atom is 0.251 e. The zero-order valence-corrected chi connectivity index (χ0v) is 29.5. The van der Waals surface area contributed by atoms with Gasteiger partial charge in [-0.2, -0.15) is 0 Å². The van der Waals surface area contributed by atoms with E-state index in [0.717, 1.165) is 31.4 Å². The van der Waals surface area contributed by atoms with Crippen LogP contribution in [0.1, 0.15) is 100 Å². The van der Waals surface area contributed by atoms with Gasteiger partial charge in [-0.25, -0.2) is 4.39 Å². The summed E-state index contributed by atoms with van der Waals surface area (Å²) in [6.45, 7) is 9.72. The van der Waals surface area contributed by atoms with Crippen molar-refractivity contribution in [2.24, 2.45) is 5.92 Å². The predicted molar refractivity (Wildman–Crippen MR) is 194 cm³/mol. The Hall–Kier alpha value is -3.19. The number of amides is 2. The van der Waals surface area contributed by atoms with Gasteiger partial charge in [-0.1, -0.05) is 93.2 Å². The van der Waals surface area contributed by atoms with Gasteiger partial charge in [0.1, 0.15) is 5.82 Å². The van der Waals surface area contributed by atoms with Gasteiger partial charge in [0.25, 0.3) is 5.91 Å². The van der Waals surface area contributed by atoms with Crippen LogP contribution < -0.4 is 10.6 Å². The molecule has 252 valence electrons. The third-order valence-electron chi connectivity index (χ3n) is 9.02. The fourth-order valence-corrected chi connectivity index (χ4v) is 6.52. The Labute approximate surface area is 289 Å². The molecular weight excluding hydrogens is 632 g/mol. The number of anilines is 1. The van der Waals surface area contributed by atoms with Crippen molar-refractivity contribution in [1.82, 2.24) is 10.2 Å². The molecule has 5 rings (SSSR count). The highest BCUT2D eigenvalue weighted by atomic mass is 35.5. The van der Waals surface area contributed by atoms with Gasteiger partial charge in [0.2, 0.25) is 5.91 Å². The topological polar surface area (TPSA) is 61.4 Å². The number of likely N-dealkylation sites (tertiary alicyclic amines) is 1. The highest BCUT2D eigenvalue weighted by Gasteiger charge is 2.47. The third-order valence-corrected chi connectivity index (χ3v) is 9.54. The van der Waals surface area contributed by atoms with Crippen LogP contribution in [0.3, 0.4) is 0 Å². The van der Waals surface area contributed by atoms with Crippen molar-refractivity contribution in [3.63, 3.8) is 0 Å². The number of allylic oxidation sites excluding steroid dienone is 2. The second kappa shape index (κ2) is 17.8. The van der Waals surface area contributed by atoms with E-state index in [4.69, 9.17) is 23.2 Å². The molecule has 1 saturated carbocycles. The summed E-state index contributed by atoms with van der Waals surface area (Å²) in [4.78, 5) is 29.1. The Bertz CT molecular complexity index is 1520. The quantitative estimate of drug-likeness (QED) is 0.200. The number of nitrogens with zero attached hydrogens (tertiary/aromatic N) is 1. The Morgan fingerprint density at radius 1 is 0.957 bits per heavy atom. The van der Waals surface area contributed by atoms with Crippen molar-refractivity contribution in [1.29, 1.82) is 0 Å². The van der Waals surface area contributed by atoms with Crippen LogP contribution in [-0.4, -0.2) is 41.9 Å². The summed E-state index contributed by atoms with van der Waals surface area (Å²) in [6.07, 6.45) is 9.19. The maximum absolute atomic E-state index is 15.4. The number of carbonyl (C=O) groups excluding carboxylic acids is 2. The van der Waals surface area contributed by atoms with Gasteiger partial charge in [0, 0.05) is 41.3 Å². The fraction of sp³-hybridized carbons (Fsp3) is 0.436. The van der Waals surface area contributed by atoms with Crippen LogP contribution in [-0.2, 0) is 4.79 Å². The number of rotatable bonds is 12. The highest BCUT2D eigenvalue weighted by molar-refractivity contribution is 6.31. The normalized spacial score (nSPS) is 19.6. The molecule has 2 aliphatic rings. The molecule has 1 aliphatic heterocycles. The minimum atomic E-state index is -0.597. The van der Waals surface area contributed by atoms with E-state index in [1.54, 1.807) is 36.4 Å². The van der Waals surface area contributed by atoms with E-state index in [1.165, 1.54) is 24.5 Å². The molecule has 5 nitrogen and oxygen atoms in total. The zero-order chi connectivity index (χ0) is 33.9. The first-order valence-electron chi connectivity index (χ1n) is 17.0. The van der Waals surface area contributed by atoms with Crippen molar-refractivity contribution in [2.45, 2.75) is 90.6 Å². The Balaban J connectivity index is 0.00000118. The second-order valence-corrected chi connectivity index (χ2v) is 13.5. The number of carbonyl (C=O) groups is 2. The van der Waals surface area contributed by atoms with Crippen LogP contribution in [0.15, 0.2) is 72.8 Å². The SMILES string of the molecule is CC/C=C(\C)c1ccc(C(=O)NCC[C@H]2CC(c3cccc(Cl)c3F)C(C(=O)Nc3cccc(Cl)c3)N2CC2CC2)cc1.CCCC. The van der Waals surface area contributed by atoms with E-state index in [0.29, 0.717) is 47.1 Å². The first kappa shape index (κ1) is 36.6. The van der Waals surface area contributed by atoms with Gasteiger partial charge in [0.05, 0.1) is 11.1 Å². The van der Waals surface area contributed by atoms with Crippen molar-refractivity contribution in [3.8, 4) is 0 Å².